The van der Waals surface area contributed by atoms with E-state index in [0.717, 1.165) is 5.69 Å². The molecule has 0 radical (unpaired) electrons. The zero-order valence-corrected chi connectivity index (χ0v) is 11.3. The number of rotatable bonds is 7. The van der Waals surface area contributed by atoms with E-state index in [1.807, 2.05) is 6.20 Å². The normalized spacial score (nSPS) is 11.4. The van der Waals surface area contributed by atoms with Crippen molar-refractivity contribution in [2.75, 3.05) is 0 Å². The Kier molecular flexibility index (Phi) is 5.28. The number of nitrogens with zero attached hydrogens (tertiary/aromatic N) is 1. The third-order valence-electron chi connectivity index (χ3n) is 3.50. The summed E-state index contributed by atoms with van der Waals surface area (Å²) in [4.78, 5) is 7.58. The summed E-state index contributed by atoms with van der Waals surface area (Å²) in [5, 5.41) is 0. The molecule has 1 aromatic rings. The molecule has 0 aliphatic rings. The van der Waals surface area contributed by atoms with Gasteiger partial charge in [0.05, 0.1) is 5.69 Å². The number of imidazole rings is 1. The van der Waals surface area contributed by atoms with E-state index in [2.05, 4.69) is 36.7 Å². The average Bonchev–Trinajstić information content (AvgIpc) is 2.83. The van der Waals surface area contributed by atoms with Gasteiger partial charge in [0.15, 0.2) is 5.82 Å². The first-order valence-corrected chi connectivity index (χ1v) is 6.68. The van der Waals surface area contributed by atoms with Crippen LogP contribution in [0.2, 0.25) is 0 Å². The van der Waals surface area contributed by atoms with E-state index in [-0.39, 0.29) is 5.41 Å². The maximum atomic E-state index is 5.36. The monoisotopic (exact) mass is 232 g/mol. The lowest BCUT2D eigenvalue weighted by molar-refractivity contribution is 0.366. The highest BCUT2D eigenvalue weighted by Gasteiger charge is 2.27. The smallest absolute Gasteiger partial charge is 0.182 e. The lowest BCUT2D eigenvalue weighted by Crippen LogP contribution is -2.22. The third kappa shape index (κ3) is 3.63. The number of terminal acetylenes is 1. The van der Waals surface area contributed by atoms with Crippen LogP contribution >= 0.6 is 0 Å². The molecule has 0 amide bonds. The first-order chi connectivity index (χ1) is 8.16. The molecule has 17 heavy (non-hydrogen) atoms. The SMILES string of the molecule is C#Cc1nc(C(C)(CCCC)CCCC)c[nH]1. The van der Waals surface area contributed by atoms with E-state index in [1.54, 1.807) is 0 Å². The number of hydrogen-bond donors (Lipinski definition) is 1. The van der Waals surface area contributed by atoms with Crippen molar-refractivity contribution in [3.63, 3.8) is 0 Å². The second kappa shape index (κ2) is 6.49. The second-order valence-electron chi connectivity index (χ2n) is 5.05. The summed E-state index contributed by atoms with van der Waals surface area (Å²) in [5.74, 6) is 3.22. The fourth-order valence-corrected chi connectivity index (χ4v) is 2.22. The first-order valence-electron chi connectivity index (χ1n) is 6.68. The molecular formula is C15H24N2. The third-order valence-corrected chi connectivity index (χ3v) is 3.50. The van der Waals surface area contributed by atoms with Crippen LogP contribution in [0, 0.1) is 12.3 Å². The van der Waals surface area contributed by atoms with Crippen molar-refractivity contribution >= 4 is 0 Å². The Morgan fingerprint density at radius 3 is 2.29 bits per heavy atom. The van der Waals surface area contributed by atoms with Gasteiger partial charge in [-0.05, 0) is 18.8 Å². The molecule has 0 spiro atoms. The average molecular weight is 232 g/mol. The summed E-state index contributed by atoms with van der Waals surface area (Å²) < 4.78 is 0. The van der Waals surface area contributed by atoms with Gasteiger partial charge in [0.25, 0.3) is 0 Å². The maximum absolute atomic E-state index is 5.36. The van der Waals surface area contributed by atoms with Crippen LogP contribution in [0.1, 0.15) is 70.8 Å². The molecule has 2 nitrogen and oxygen atoms in total. The number of nitrogens with one attached hydrogen (secondary N) is 1. The van der Waals surface area contributed by atoms with Crippen LogP contribution in [0.4, 0.5) is 0 Å². The highest BCUT2D eigenvalue weighted by atomic mass is 14.9. The van der Waals surface area contributed by atoms with E-state index in [4.69, 9.17) is 6.42 Å². The summed E-state index contributed by atoms with van der Waals surface area (Å²) in [6.45, 7) is 6.78. The summed E-state index contributed by atoms with van der Waals surface area (Å²) in [6, 6.07) is 0. The Hall–Kier alpha value is -1.23. The Morgan fingerprint density at radius 1 is 1.29 bits per heavy atom. The quantitative estimate of drug-likeness (QED) is 0.706. The van der Waals surface area contributed by atoms with E-state index >= 15 is 0 Å². The molecule has 1 aromatic heterocycles. The van der Waals surface area contributed by atoms with E-state index in [1.165, 1.54) is 38.5 Å². The highest BCUT2D eigenvalue weighted by molar-refractivity contribution is 5.22. The Labute approximate surface area is 105 Å². The molecule has 0 aromatic carbocycles. The fourth-order valence-electron chi connectivity index (χ4n) is 2.22. The van der Waals surface area contributed by atoms with Gasteiger partial charge in [-0.1, -0.05) is 46.5 Å². The maximum Gasteiger partial charge on any atom is 0.182 e. The molecule has 0 bridgehead atoms. The van der Waals surface area contributed by atoms with Gasteiger partial charge in [-0.2, -0.15) is 0 Å². The summed E-state index contributed by atoms with van der Waals surface area (Å²) in [7, 11) is 0. The van der Waals surface area contributed by atoms with Crippen LogP contribution in [-0.4, -0.2) is 9.97 Å². The summed E-state index contributed by atoms with van der Waals surface area (Å²) >= 11 is 0. The van der Waals surface area contributed by atoms with Gasteiger partial charge in [0.1, 0.15) is 0 Å². The number of aromatic amines is 1. The molecule has 0 saturated heterocycles. The topological polar surface area (TPSA) is 28.7 Å². The van der Waals surface area contributed by atoms with Crippen molar-refractivity contribution < 1.29 is 0 Å². The van der Waals surface area contributed by atoms with E-state index < -0.39 is 0 Å². The van der Waals surface area contributed by atoms with Crippen molar-refractivity contribution in [1.82, 2.24) is 9.97 Å². The van der Waals surface area contributed by atoms with Crippen LogP contribution in [0.5, 0.6) is 0 Å². The minimum absolute atomic E-state index is 0.178. The largest absolute Gasteiger partial charge is 0.338 e. The molecule has 1 heterocycles. The molecule has 1 N–H and O–H groups in total. The Balaban J connectivity index is 2.84. The molecule has 0 unspecified atom stereocenters. The molecule has 1 rings (SSSR count). The lowest BCUT2D eigenvalue weighted by Gasteiger charge is -2.27. The fraction of sp³-hybridized carbons (Fsp3) is 0.667. The molecule has 2 heteroatoms. The summed E-state index contributed by atoms with van der Waals surface area (Å²) in [5.41, 5.74) is 1.31. The molecule has 0 fully saturated rings. The number of aromatic nitrogens is 2. The molecule has 0 atom stereocenters. The van der Waals surface area contributed by atoms with Gasteiger partial charge < -0.3 is 4.98 Å². The Bertz CT molecular complexity index is 363. The first kappa shape index (κ1) is 13.8. The molecule has 0 aliphatic carbocycles. The lowest BCUT2D eigenvalue weighted by atomic mass is 9.78. The van der Waals surface area contributed by atoms with Crippen LogP contribution in [0.15, 0.2) is 6.20 Å². The zero-order valence-electron chi connectivity index (χ0n) is 11.3. The zero-order chi connectivity index (χ0) is 12.7. The van der Waals surface area contributed by atoms with Gasteiger partial charge in [-0.25, -0.2) is 4.98 Å². The van der Waals surface area contributed by atoms with Crippen molar-refractivity contribution in [1.29, 1.82) is 0 Å². The molecule has 94 valence electrons. The van der Waals surface area contributed by atoms with Crippen molar-refractivity contribution in [2.24, 2.45) is 0 Å². The number of H-pyrrole nitrogens is 1. The summed E-state index contributed by atoms with van der Waals surface area (Å²) in [6.07, 6.45) is 14.7. The predicted octanol–water partition coefficient (Wildman–Crippen LogP) is 4.03. The van der Waals surface area contributed by atoms with Gasteiger partial charge in [0.2, 0.25) is 0 Å². The minimum atomic E-state index is 0.178. The van der Waals surface area contributed by atoms with Crippen LogP contribution < -0.4 is 0 Å². The number of unbranched alkanes of at least 4 members (excludes halogenated alkanes) is 2. The molecular weight excluding hydrogens is 208 g/mol. The predicted molar refractivity (Wildman–Crippen MR) is 72.9 cm³/mol. The Morgan fingerprint density at radius 2 is 1.88 bits per heavy atom. The molecule has 0 aliphatic heterocycles. The highest BCUT2D eigenvalue weighted by Crippen LogP contribution is 2.33. The molecule has 0 saturated carbocycles. The second-order valence-corrected chi connectivity index (χ2v) is 5.05. The number of hydrogen-bond acceptors (Lipinski definition) is 1. The minimum Gasteiger partial charge on any atom is -0.338 e. The van der Waals surface area contributed by atoms with Crippen LogP contribution in [-0.2, 0) is 5.41 Å². The van der Waals surface area contributed by atoms with E-state index in [9.17, 15) is 0 Å². The van der Waals surface area contributed by atoms with Gasteiger partial charge in [-0.15, -0.1) is 6.42 Å². The van der Waals surface area contributed by atoms with Crippen LogP contribution in [0.3, 0.4) is 0 Å². The van der Waals surface area contributed by atoms with Crippen molar-refractivity contribution in [2.45, 2.75) is 64.7 Å². The van der Waals surface area contributed by atoms with Crippen molar-refractivity contribution in [3.8, 4) is 12.3 Å². The van der Waals surface area contributed by atoms with Gasteiger partial charge >= 0.3 is 0 Å². The van der Waals surface area contributed by atoms with Gasteiger partial charge in [-0.3, -0.25) is 0 Å². The van der Waals surface area contributed by atoms with Crippen LogP contribution in [0.25, 0.3) is 0 Å². The standard InChI is InChI=1S/C15H24N2/c1-5-8-10-15(4,11-9-6-2)13-12-16-14(7-3)17-13/h3,12H,5-6,8-11H2,1-2,4H3,(H,16,17). The van der Waals surface area contributed by atoms with Gasteiger partial charge in [0, 0.05) is 11.6 Å². The van der Waals surface area contributed by atoms with Crippen molar-refractivity contribution in [3.05, 3.63) is 17.7 Å². The van der Waals surface area contributed by atoms with E-state index in [0.29, 0.717) is 5.82 Å².